The van der Waals surface area contributed by atoms with Crippen molar-refractivity contribution in [1.29, 1.82) is 0 Å². The van der Waals surface area contributed by atoms with Crippen LogP contribution in [0.4, 0.5) is 0 Å². The van der Waals surface area contributed by atoms with Gasteiger partial charge in [0.15, 0.2) is 0 Å². The van der Waals surface area contributed by atoms with Crippen LogP contribution in [0.25, 0.3) is 0 Å². The smallest absolute Gasteiger partial charge is 0.232 e. The molecule has 1 fully saturated rings. The molecular formula is C11H21NO3S. The number of hydrogen-bond donors (Lipinski definition) is 2. The molecule has 0 aromatic rings. The summed E-state index contributed by atoms with van der Waals surface area (Å²) in [6.45, 7) is 3.71. The van der Waals surface area contributed by atoms with E-state index in [1.54, 1.807) is 0 Å². The fourth-order valence-corrected chi connectivity index (χ4v) is 2.54. The van der Waals surface area contributed by atoms with Gasteiger partial charge in [0.25, 0.3) is 0 Å². The summed E-state index contributed by atoms with van der Waals surface area (Å²) in [4.78, 5) is 13.6. The van der Waals surface area contributed by atoms with Crippen molar-refractivity contribution in [3.63, 3.8) is 0 Å². The van der Waals surface area contributed by atoms with E-state index in [9.17, 15) is 4.79 Å². The summed E-state index contributed by atoms with van der Waals surface area (Å²) < 4.78 is 0. The van der Waals surface area contributed by atoms with E-state index in [0.717, 1.165) is 31.8 Å². The molecule has 1 aliphatic heterocycles. The molecule has 16 heavy (non-hydrogen) atoms. The molecule has 1 heterocycles. The first kappa shape index (κ1) is 13.8. The predicted octanol–water partition coefficient (Wildman–Crippen LogP) is 0.331. The van der Waals surface area contributed by atoms with Crippen molar-refractivity contribution in [1.82, 2.24) is 4.90 Å². The van der Waals surface area contributed by atoms with Crippen LogP contribution in [0, 0.1) is 5.92 Å². The minimum atomic E-state index is -0.709. The van der Waals surface area contributed by atoms with Gasteiger partial charge in [0.2, 0.25) is 5.91 Å². The molecule has 1 unspecified atom stereocenters. The molecule has 1 atom stereocenters. The highest BCUT2D eigenvalue weighted by molar-refractivity contribution is 7.99. The zero-order valence-corrected chi connectivity index (χ0v) is 10.6. The summed E-state index contributed by atoms with van der Waals surface area (Å²) in [7, 11) is 0. The van der Waals surface area contributed by atoms with Crippen LogP contribution in [0.1, 0.15) is 19.8 Å². The van der Waals surface area contributed by atoms with Gasteiger partial charge in [-0.25, -0.2) is 0 Å². The van der Waals surface area contributed by atoms with Gasteiger partial charge < -0.3 is 15.1 Å². The number of hydrogen-bond acceptors (Lipinski definition) is 4. The van der Waals surface area contributed by atoms with Gasteiger partial charge in [-0.2, -0.15) is 0 Å². The maximum Gasteiger partial charge on any atom is 0.232 e. The van der Waals surface area contributed by atoms with Gasteiger partial charge in [-0.15, -0.1) is 11.8 Å². The highest BCUT2D eigenvalue weighted by atomic mass is 32.2. The summed E-state index contributed by atoms with van der Waals surface area (Å²) in [6.07, 6.45) is 1.48. The first-order valence-corrected chi connectivity index (χ1v) is 6.93. The number of piperidine rings is 1. The minimum absolute atomic E-state index is 0.155. The van der Waals surface area contributed by atoms with Crippen molar-refractivity contribution >= 4 is 17.7 Å². The molecule has 0 bridgehead atoms. The summed E-state index contributed by atoms with van der Waals surface area (Å²) in [5, 5.41) is 17.7. The van der Waals surface area contributed by atoms with Crippen LogP contribution in [0.2, 0.25) is 0 Å². The highest BCUT2D eigenvalue weighted by Gasteiger charge is 2.20. The average Bonchev–Trinajstić information content (AvgIpc) is 2.29. The van der Waals surface area contributed by atoms with Gasteiger partial charge >= 0.3 is 0 Å². The Morgan fingerprint density at radius 3 is 2.69 bits per heavy atom. The van der Waals surface area contributed by atoms with Gasteiger partial charge in [0.05, 0.1) is 18.5 Å². The van der Waals surface area contributed by atoms with Crippen LogP contribution in [0.5, 0.6) is 0 Å². The molecule has 1 amide bonds. The van der Waals surface area contributed by atoms with E-state index in [-0.39, 0.29) is 12.5 Å². The van der Waals surface area contributed by atoms with Crippen molar-refractivity contribution in [3.8, 4) is 0 Å². The standard InChI is InChI=1S/C11H21NO3S/c1-9-2-4-12(5-3-9)11(15)8-16-7-10(14)6-13/h9-10,13-14H,2-8H2,1H3. The zero-order chi connectivity index (χ0) is 12.0. The molecule has 1 aliphatic rings. The third kappa shape index (κ3) is 4.72. The third-order valence-corrected chi connectivity index (χ3v) is 3.95. The molecule has 0 spiro atoms. The van der Waals surface area contributed by atoms with Crippen molar-refractivity contribution in [2.45, 2.75) is 25.9 Å². The van der Waals surface area contributed by atoms with Gasteiger partial charge in [-0.05, 0) is 18.8 Å². The number of likely N-dealkylation sites (tertiary alicyclic amines) is 1. The maximum absolute atomic E-state index is 11.7. The van der Waals surface area contributed by atoms with Gasteiger partial charge in [-0.1, -0.05) is 6.92 Å². The molecule has 94 valence electrons. The molecule has 0 aliphatic carbocycles. The summed E-state index contributed by atoms with van der Waals surface area (Å²) >= 11 is 1.39. The van der Waals surface area contributed by atoms with E-state index < -0.39 is 6.10 Å². The lowest BCUT2D eigenvalue weighted by atomic mass is 9.99. The molecule has 4 nitrogen and oxygen atoms in total. The van der Waals surface area contributed by atoms with Gasteiger partial charge in [-0.3, -0.25) is 4.79 Å². The summed E-state index contributed by atoms with van der Waals surface area (Å²) in [5.41, 5.74) is 0. The largest absolute Gasteiger partial charge is 0.394 e. The van der Waals surface area contributed by atoms with Gasteiger partial charge in [0.1, 0.15) is 0 Å². The highest BCUT2D eigenvalue weighted by Crippen LogP contribution is 2.17. The second-order valence-electron chi connectivity index (χ2n) is 4.41. The normalized spacial score (nSPS) is 19.8. The predicted molar refractivity (Wildman–Crippen MR) is 65.4 cm³/mol. The number of aliphatic hydroxyl groups excluding tert-OH is 2. The molecule has 0 saturated carbocycles. The summed E-state index contributed by atoms with van der Waals surface area (Å²) in [5.74, 6) is 1.72. The fourth-order valence-electron chi connectivity index (χ4n) is 1.68. The van der Waals surface area contributed by atoms with Crippen molar-refractivity contribution in [2.75, 3.05) is 31.2 Å². The van der Waals surface area contributed by atoms with E-state index in [0.29, 0.717) is 11.5 Å². The number of nitrogens with zero attached hydrogens (tertiary/aromatic N) is 1. The lowest BCUT2D eigenvalue weighted by molar-refractivity contribution is -0.129. The molecule has 1 rings (SSSR count). The average molecular weight is 247 g/mol. The Balaban J connectivity index is 2.15. The molecule has 0 aromatic carbocycles. The summed E-state index contributed by atoms with van der Waals surface area (Å²) in [6, 6.07) is 0. The van der Waals surface area contributed by atoms with Crippen molar-refractivity contribution in [2.24, 2.45) is 5.92 Å². The number of carbonyl (C=O) groups is 1. The Labute approximate surface area is 101 Å². The van der Waals surface area contributed by atoms with E-state index >= 15 is 0 Å². The second-order valence-corrected chi connectivity index (χ2v) is 5.45. The Morgan fingerprint density at radius 1 is 1.50 bits per heavy atom. The first-order valence-electron chi connectivity index (χ1n) is 5.78. The van der Waals surface area contributed by atoms with Crippen LogP contribution in [0.15, 0.2) is 0 Å². The van der Waals surface area contributed by atoms with Crippen LogP contribution in [-0.4, -0.2) is 58.3 Å². The number of amides is 1. The molecule has 1 saturated heterocycles. The van der Waals surface area contributed by atoms with E-state index in [4.69, 9.17) is 10.2 Å². The Morgan fingerprint density at radius 2 is 2.12 bits per heavy atom. The zero-order valence-electron chi connectivity index (χ0n) is 9.76. The molecular weight excluding hydrogens is 226 g/mol. The quantitative estimate of drug-likeness (QED) is 0.735. The van der Waals surface area contributed by atoms with Crippen LogP contribution in [-0.2, 0) is 4.79 Å². The third-order valence-electron chi connectivity index (χ3n) is 2.88. The molecule has 2 N–H and O–H groups in total. The monoisotopic (exact) mass is 247 g/mol. The van der Waals surface area contributed by atoms with Crippen LogP contribution in [0.3, 0.4) is 0 Å². The van der Waals surface area contributed by atoms with E-state index in [2.05, 4.69) is 6.92 Å². The Bertz CT molecular complexity index is 217. The van der Waals surface area contributed by atoms with Crippen molar-refractivity contribution in [3.05, 3.63) is 0 Å². The lowest BCUT2D eigenvalue weighted by Gasteiger charge is -2.30. The first-order chi connectivity index (χ1) is 7.63. The Hall–Kier alpha value is -0.260. The number of rotatable bonds is 5. The lowest BCUT2D eigenvalue weighted by Crippen LogP contribution is -2.39. The van der Waals surface area contributed by atoms with Crippen LogP contribution < -0.4 is 0 Å². The Kier molecular flexibility index (Phi) is 6.16. The number of carbonyl (C=O) groups excluding carboxylic acids is 1. The van der Waals surface area contributed by atoms with E-state index in [1.807, 2.05) is 4.90 Å². The number of aliphatic hydroxyl groups is 2. The molecule has 0 aromatic heterocycles. The van der Waals surface area contributed by atoms with Crippen LogP contribution >= 0.6 is 11.8 Å². The van der Waals surface area contributed by atoms with Gasteiger partial charge in [0, 0.05) is 18.8 Å². The number of thioether (sulfide) groups is 1. The minimum Gasteiger partial charge on any atom is -0.394 e. The van der Waals surface area contributed by atoms with Crippen molar-refractivity contribution < 1.29 is 15.0 Å². The fraction of sp³-hybridized carbons (Fsp3) is 0.909. The SMILES string of the molecule is CC1CCN(C(=O)CSCC(O)CO)CC1. The van der Waals surface area contributed by atoms with E-state index in [1.165, 1.54) is 11.8 Å². The topological polar surface area (TPSA) is 60.8 Å². The maximum atomic E-state index is 11.7. The second kappa shape index (κ2) is 7.14. The molecule has 0 radical (unpaired) electrons. The molecule has 5 heteroatoms.